The fourth-order valence-electron chi connectivity index (χ4n) is 2.78. The summed E-state index contributed by atoms with van der Waals surface area (Å²) in [5, 5.41) is 3.72. The van der Waals surface area contributed by atoms with E-state index in [1.807, 2.05) is 12.1 Å². The van der Waals surface area contributed by atoms with E-state index in [4.69, 9.17) is 16.3 Å². The van der Waals surface area contributed by atoms with Gasteiger partial charge < -0.3 is 10.1 Å². The van der Waals surface area contributed by atoms with Gasteiger partial charge in [-0.15, -0.1) is 11.8 Å². The molecule has 3 rings (SSSR count). The molecule has 0 saturated heterocycles. The van der Waals surface area contributed by atoms with Crippen LogP contribution in [0.4, 0.5) is 0 Å². The van der Waals surface area contributed by atoms with Gasteiger partial charge in [0.1, 0.15) is 6.10 Å². The summed E-state index contributed by atoms with van der Waals surface area (Å²) in [7, 11) is 0. The summed E-state index contributed by atoms with van der Waals surface area (Å²) >= 11 is 7.35. The summed E-state index contributed by atoms with van der Waals surface area (Å²) in [5.74, 6) is 1.10. The molecule has 1 N–H and O–H groups in total. The molecule has 5 nitrogen and oxygen atoms in total. The number of carbonyl (C=O) groups excluding carboxylic acids is 1. The van der Waals surface area contributed by atoms with Crippen LogP contribution in [0, 0.1) is 0 Å². The maximum Gasteiger partial charge on any atom is 0.230 e. The highest BCUT2D eigenvalue weighted by atomic mass is 35.5. The lowest BCUT2D eigenvalue weighted by Gasteiger charge is -2.29. The van der Waals surface area contributed by atoms with E-state index in [9.17, 15) is 4.79 Å². The van der Waals surface area contributed by atoms with E-state index in [0.29, 0.717) is 16.7 Å². The monoisotopic (exact) mass is 377 g/mol. The lowest BCUT2D eigenvalue weighted by Crippen LogP contribution is -2.40. The average Bonchev–Trinajstić information content (AvgIpc) is 2.64. The number of nitrogens with zero attached hydrogens (tertiary/aromatic N) is 2. The second-order valence-corrected chi connectivity index (χ2v) is 7.43. The molecule has 0 bridgehead atoms. The van der Waals surface area contributed by atoms with Crippen molar-refractivity contribution < 1.29 is 9.53 Å². The van der Waals surface area contributed by atoms with Crippen LogP contribution in [0.25, 0.3) is 0 Å². The Kier molecular flexibility index (Phi) is 6.53. The molecule has 132 valence electrons. The number of carbonyl (C=O) groups is 1. The van der Waals surface area contributed by atoms with Crippen molar-refractivity contribution in [2.45, 2.75) is 42.7 Å². The topological polar surface area (TPSA) is 64.1 Å². The van der Waals surface area contributed by atoms with E-state index in [-0.39, 0.29) is 18.1 Å². The molecule has 2 aromatic rings. The molecule has 0 radical (unpaired) electrons. The molecule has 0 aromatic carbocycles. The van der Waals surface area contributed by atoms with Crippen molar-refractivity contribution in [3.05, 3.63) is 47.9 Å². The number of thioether (sulfide) groups is 1. The van der Waals surface area contributed by atoms with Gasteiger partial charge in [0.25, 0.3) is 0 Å². The number of halogens is 1. The normalized spacial score (nSPS) is 20.0. The number of hydrogen-bond donors (Lipinski definition) is 1. The highest BCUT2D eigenvalue weighted by molar-refractivity contribution is 8.00. The molecular formula is C18H20ClN3O2S. The number of hydrogen-bond acceptors (Lipinski definition) is 5. The fourth-order valence-corrected chi connectivity index (χ4v) is 3.59. The molecule has 25 heavy (non-hydrogen) atoms. The van der Waals surface area contributed by atoms with Gasteiger partial charge in [-0.25, -0.2) is 4.98 Å². The maximum atomic E-state index is 12.1. The van der Waals surface area contributed by atoms with Crippen LogP contribution in [0.2, 0.25) is 5.02 Å². The van der Waals surface area contributed by atoms with Gasteiger partial charge in [-0.1, -0.05) is 11.6 Å². The zero-order chi connectivity index (χ0) is 17.5. The minimum absolute atomic E-state index is 0.0746. The van der Waals surface area contributed by atoms with Gasteiger partial charge in [0, 0.05) is 35.6 Å². The van der Waals surface area contributed by atoms with Crippen LogP contribution >= 0.6 is 23.4 Å². The van der Waals surface area contributed by atoms with Crippen molar-refractivity contribution in [1.82, 2.24) is 15.3 Å². The average molecular weight is 378 g/mol. The zero-order valence-corrected chi connectivity index (χ0v) is 15.3. The molecule has 0 atom stereocenters. The van der Waals surface area contributed by atoms with E-state index in [1.54, 1.807) is 30.7 Å². The number of ether oxygens (including phenoxy) is 1. The second kappa shape index (κ2) is 9.06. The van der Waals surface area contributed by atoms with Crippen LogP contribution in [0.3, 0.4) is 0 Å². The Bertz CT molecular complexity index is 676. The molecule has 7 heteroatoms. The van der Waals surface area contributed by atoms with E-state index >= 15 is 0 Å². The molecular weight excluding hydrogens is 358 g/mol. The molecule has 2 aromatic heterocycles. The van der Waals surface area contributed by atoms with Gasteiger partial charge in [0.05, 0.1) is 10.8 Å². The predicted octanol–water partition coefficient (Wildman–Crippen LogP) is 3.73. The lowest BCUT2D eigenvalue weighted by molar-refractivity contribution is -0.119. The number of nitrogens with one attached hydrogen (secondary N) is 1. The Hall–Kier alpha value is -1.79. The van der Waals surface area contributed by atoms with E-state index in [0.717, 1.165) is 30.6 Å². The summed E-state index contributed by atoms with van der Waals surface area (Å²) in [5.41, 5.74) is 0. The summed E-state index contributed by atoms with van der Waals surface area (Å²) in [4.78, 5) is 21.3. The molecule has 0 aliphatic heterocycles. The quantitative estimate of drug-likeness (QED) is 0.777. The SMILES string of the molecule is O=C(CSc1ccncc1)NC1CCC(Oc2ccc(Cl)cn2)CC1. The molecule has 0 unspecified atom stereocenters. The first-order valence-corrected chi connectivity index (χ1v) is 9.66. The van der Waals surface area contributed by atoms with Gasteiger partial charge in [-0.2, -0.15) is 0 Å². The third-order valence-corrected chi connectivity index (χ3v) is 5.28. The molecule has 2 heterocycles. The number of rotatable bonds is 6. The standard InChI is InChI=1S/C18H20ClN3O2S/c19-13-1-6-18(21-11-13)24-15-4-2-14(3-5-15)22-17(23)12-25-16-7-9-20-10-8-16/h1,6-11,14-15H,2-5,12H2,(H,22,23). The predicted molar refractivity (Wildman–Crippen MR) is 99.0 cm³/mol. The first-order valence-electron chi connectivity index (χ1n) is 8.29. The van der Waals surface area contributed by atoms with Gasteiger partial charge in [0.15, 0.2) is 0 Å². The van der Waals surface area contributed by atoms with E-state index < -0.39 is 0 Å². The zero-order valence-electron chi connectivity index (χ0n) is 13.7. The van der Waals surface area contributed by atoms with Crippen molar-refractivity contribution in [2.24, 2.45) is 0 Å². The van der Waals surface area contributed by atoms with Crippen LogP contribution in [0.5, 0.6) is 5.88 Å². The van der Waals surface area contributed by atoms with Crippen molar-refractivity contribution in [3.63, 3.8) is 0 Å². The molecule has 1 fully saturated rings. The first-order chi connectivity index (χ1) is 12.2. The Morgan fingerprint density at radius 3 is 2.64 bits per heavy atom. The summed E-state index contributed by atoms with van der Waals surface area (Å²) in [6, 6.07) is 7.60. The summed E-state index contributed by atoms with van der Waals surface area (Å²) in [6.45, 7) is 0. The molecule has 1 saturated carbocycles. The number of aromatic nitrogens is 2. The smallest absolute Gasteiger partial charge is 0.230 e. The van der Waals surface area contributed by atoms with Crippen molar-refractivity contribution in [1.29, 1.82) is 0 Å². The minimum atomic E-state index is 0.0746. The van der Waals surface area contributed by atoms with E-state index in [1.165, 1.54) is 11.8 Å². The van der Waals surface area contributed by atoms with Crippen LogP contribution < -0.4 is 10.1 Å². The number of amides is 1. The highest BCUT2D eigenvalue weighted by Crippen LogP contribution is 2.24. The molecule has 0 spiro atoms. The van der Waals surface area contributed by atoms with Crippen molar-refractivity contribution in [3.8, 4) is 5.88 Å². The van der Waals surface area contributed by atoms with Gasteiger partial charge >= 0.3 is 0 Å². The highest BCUT2D eigenvalue weighted by Gasteiger charge is 2.23. The Morgan fingerprint density at radius 2 is 1.96 bits per heavy atom. The van der Waals surface area contributed by atoms with Crippen molar-refractivity contribution in [2.75, 3.05) is 5.75 Å². The van der Waals surface area contributed by atoms with Crippen LogP contribution in [0.1, 0.15) is 25.7 Å². The molecule has 1 aliphatic carbocycles. The van der Waals surface area contributed by atoms with Crippen LogP contribution in [0.15, 0.2) is 47.8 Å². The Labute approximate surface area is 156 Å². The summed E-state index contributed by atoms with van der Waals surface area (Å²) in [6.07, 6.45) is 8.86. The second-order valence-electron chi connectivity index (χ2n) is 5.95. The fraction of sp³-hybridized carbons (Fsp3) is 0.389. The van der Waals surface area contributed by atoms with Crippen LogP contribution in [-0.2, 0) is 4.79 Å². The first kappa shape index (κ1) is 18.0. The molecule has 1 amide bonds. The van der Waals surface area contributed by atoms with Gasteiger partial charge in [-0.05, 0) is 43.9 Å². The molecule has 1 aliphatic rings. The van der Waals surface area contributed by atoms with Gasteiger partial charge in [0.2, 0.25) is 11.8 Å². The Balaban J connectivity index is 1.37. The third-order valence-electron chi connectivity index (χ3n) is 4.05. The maximum absolute atomic E-state index is 12.1. The lowest BCUT2D eigenvalue weighted by atomic mass is 9.93. The van der Waals surface area contributed by atoms with E-state index in [2.05, 4.69) is 15.3 Å². The van der Waals surface area contributed by atoms with Crippen LogP contribution in [-0.4, -0.2) is 33.8 Å². The summed E-state index contributed by atoms with van der Waals surface area (Å²) < 4.78 is 5.88. The van der Waals surface area contributed by atoms with Crippen molar-refractivity contribution >= 4 is 29.3 Å². The minimum Gasteiger partial charge on any atom is -0.474 e. The van der Waals surface area contributed by atoms with Gasteiger partial charge in [-0.3, -0.25) is 9.78 Å². The Morgan fingerprint density at radius 1 is 1.20 bits per heavy atom. The largest absolute Gasteiger partial charge is 0.474 e. The third kappa shape index (κ3) is 5.90. The number of pyridine rings is 2.